The minimum absolute atomic E-state index is 0.123. The number of hydrogen-bond acceptors (Lipinski definition) is 5. The van der Waals surface area contributed by atoms with Crippen molar-refractivity contribution in [3.05, 3.63) is 15.6 Å². The second kappa shape index (κ2) is 6.54. The second-order valence-electron chi connectivity index (χ2n) is 5.84. The third-order valence-electron chi connectivity index (χ3n) is 3.89. The molecule has 1 aromatic rings. The summed E-state index contributed by atoms with van der Waals surface area (Å²) in [6.07, 6.45) is 2.94. The molecule has 0 aliphatic heterocycles. The van der Waals surface area contributed by atoms with Crippen LogP contribution in [0.15, 0.2) is 0 Å². The summed E-state index contributed by atoms with van der Waals surface area (Å²) in [6.45, 7) is 10.5. The van der Waals surface area contributed by atoms with E-state index in [2.05, 4.69) is 17.2 Å². The van der Waals surface area contributed by atoms with Gasteiger partial charge in [0.2, 0.25) is 0 Å². The Morgan fingerprint density at radius 2 is 1.95 bits per heavy atom. The van der Waals surface area contributed by atoms with Gasteiger partial charge in [-0.1, -0.05) is 6.92 Å². The first kappa shape index (κ1) is 17.6. The van der Waals surface area contributed by atoms with E-state index < -0.39 is 14.6 Å². The van der Waals surface area contributed by atoms with Crippen molar-refractivity contribution in [2.24, 2.45) is 0 Å². The quantitative estimate of drug-likeness (QED) is 0.839. The fourth-order valence-electron chi connectivity index (χ4n) is 1.94. The first-order chi connectivity index (χ1) is 9.09. The fraction of sp³-hybridized carbons (Fsp3) is 0.786. The summed E-state index contributed by atoms with van der Waals surface area (Å²) >= 11 is 1.66. The van der Waals surface area contributed by atoms with Crippen molar-refractivity contribution in [1.82, 2.24) is 10.3 Å². The highest BCUT2D eigenvalue weighted by atomic mass is 32.2. The van der Waals surface area contributed by atoms with E-state index in [9.17, 15) is 8.42 Å². The van der Waals surface area contributed by atoms with Crippen LogP contribution in [-0.4, -0.2) is 37.0 Å². The lowest BCUT2D eigenvalue weighted by molar-refractivity contribution is 0.405. The van der Waals surface area contributed by atoms with Gasteiger partial charge < -0.3 is 5.32 Å². The molecule has 116 valence electrons. The van der Waals surface area contributed by atoms with Crippen molar-refractivity contribution in [2.75, 3.05) is 12.8 Å². The van der Waals surface area contributed by atoms with Crippen LogP contribution in [0.2, 0.25) is 0 Å². The number of aromatic nitrogens is 1. The Hall–Kier alpha value is -0.460. The normalized spacial score (nSPS) is 14.5. The number of sulfone groups is 1. The lowest BCUT2D eigenvalue weighted by Crippen LogP contribution is -2.52. The average Bonchev–Trinajstić information content (AvgIpc) is 2.62. The minimum Gasteiger partial charge on any atom is -0.312 e. The van der Waals surface area contributed by atoms with Gasteiger partial charge in [-0.2, -0.15) is 0 Å². The van der Waals surface area contributed by atoms with Crippen molar-refractivity contribution < 1.29 is 8.42 Å². The van der Waals surface area contributed by atoms with E-state index in [1.54, 1.807) is 25.2 Å². The summed E-state index contributed by atoms with van der Waals surface area (Å²) in [4.78, 5) is 5.74. The number of nitrogens with zero attached hydrogens (tertiary/aromatic N) is 1. The number of rotatable bonds is 7. The first-order valence-corrected chi connectivity index (χ1v) is 9.66. The Bertz CT molecular complexity index is 528. The molecule has 4 nitrogen and oxygen atoms in total. The van der Waals surface area contributed by atoms with Crippen LogP contribution in [0.1, 0.15) is 42.8 Å². The maximum atomic E-state index is 12.1. The van der Waals surface area contributed by atoms with E-state index in [0.29, 0.717) is 6.42 Å². The third-order valence-corrected chi connectivity index (χ3v) is 7.18. The zero-order chi connectivity index (χ0) is 15.6. The minimum atomic E-state index is -3.14. The van der Waals surface area contributed by atoms with Crippen LogP contribution in [0.4, 0.5) is 0 Å². The van der Waals surface area contributed by atoms with Crippen LogP contribution in [0.25, 0.3) is 0 Å². The summed E-state index contributed by atoms with van der Waals surface area (Å²) in [5, 5.41) is 4.39. The van der Waals surface area contributed by atoms with Gasteiger partial charge in [-0.25, -0.2) is 13.4 Å². The first-order valence-electron chi connectivity index (χ1n) is 6.95. The van der Waals surface area contributed by atoms with Crippen LogP contribution < -0.4 is 5.32 Å². The molecule has 0 spiro atoms. The summed E-state index contributed by atoms with van der Waals surface area (Å²) in [7, 11) is -3.14. The Morgan fingerprint density at radius 3 is 2.35 bits per heavy atom. The van der Waals surface area contributed by atoms with Gasteiger partial charge in [0.15, 0.2) is 9.84 Å². The van der Waals surface area contributed by atoms with Crippen LogP contribution in [-0.2, 0) is 16.3 Å². The second-order valence-corrected chi connectivity index (χ2v) is 9.72. The molecule has 1 unspecified atom stereocenters. The lowest BCUT2D eigenvalue weighted by Gasteiger charge is -2.33. The molecular formula is C14H26N2O2S2. The van der Waals surface area contributed by atoms with Gasteiger partial charge in [-0.05, 0) is 40.7 Å². The molecule has 0 saturated heterocycles. The molecule has 0 aliphatic carbocycles. The van der Waals surface area contributed by atoms with Crippen molar-refractivity contribution in [3.8, 4) is 0 Å². The molecule has 1 atom stereocenters. The van der Waals surface area contributed by atoms with Gasteiger partial charge in [0.05, 0.1) is 15.4 Å². The zero-order valence-electron chi connectivity index (χ0n) is 13.3. The van der Waals surface area contributed by atoms with Gasteiger partial charge in [-0.3, -0.25) is 0 Å². The summed E-state index contributed by atoms with van der Waals surface area (Å²) in [5.41, 5.74) is 1.04. The van der Waals surface area contributed by atoms with Crippen LogP contribution in [0.5, 0.6) is 0 Å². The van der Waals surface area contributed by atoms with Gasteiger partial charge in [0.1, 0.15) is 0 Å². The smallest absolute Gasteiger partial charge is 0.154 e. The molecular weight excluding hydrogens is 292 g/mol. The highest BCUT2D eigenvalue weighted by Crippen LogP contribution is 2.26. The fourth-order valence-corrected chi connectivity index (χ4v) is 3.60. The standard InChI is InChI=1S/C14H26N2O2S2/c1-7-8-15-12(14(4,5)20(6,17)18)9-13-16-10(2)11(3)19-13/h12,15H,7-9H2,1-6H3. The maximum Gasteiger partial charge on any atom is 0.154 e. The van der Waals surface area contributed by atoms with E-state index in [1.807, 2.05) is 13.8 Å². The molecule has 0 aromatic carbocycles. The molecule has 1 aromatic heterocycles. The Kier molecular flexibility index (Phi) is 5.75. The molecule has 20 heavy (non-hydrogen) atoms. The molecule has 6 heteroatoms. The van der Waals surface area contributed by atoms with Gasteiger partial charge in [0.25, 0.3) is 0 Å². The van der Waals surface area contributed by atoms with Gasteiger partial charge in [0, 0.05) is 23.6 Å². The number of nitrogens with one attached hydrogen (secondary N) is 1. The zero-order valence-corrected chi connectivity index (χ0v) is 14.9. The molecule has 0 radical (unpaired) electrons. The number of hydrogen-bond donors (Lipinski definition) is 1. The number of thiazole rings is 1. The van der Waals surface area contributed by atoms with Crippen LogP contribution in [0.3, 0.4) is 0 Å². The topological polar surface area (TPSA) is 59.1 Å². The average molecular weight is 319 g/mol. The Morgan fingerprint density at radius 1 is 1.35 bits per heavy atom. The summed E-state index contributed by atoms with van der Waals surface area (Å²) in [5.74, 6) is 0. The van der Waals surface area contributed by atoms with Gasteiger partial charge >= 0.3 is 0 Å². The third kappa shape index (κ3) is 4.02. The monoisotopic (exact) mass is 318 g/mol. The molecule has 0 fully saturated rings. The van der Waals surface area contributed by atoms with E-state index in [1.165, 1.54) is 11.1 Å². The van der Waals surface area contributed by atoms with E-state index in [0.717, 1.165) is 23.7 Å². The van der Waals surface area contributed by atoms with Crippen LogP contribution in [0, 0.1) is 13.8 Å². The molecule has 0 saturated carbocycles. The Labute approximate surface area is 126 Å². The molecule has 1 heterocycles. The van der Waals surface area contributed by atoms with E-state index in [4.69, 9.17) is 0 Å². The highest BCUT2D eigenvalue weighted by molar-refractivity contribution is 7.92. The molecule has 1 N–H and O–H groups in total. The summed E-state index contributed by atoms with van der Waals surface area (Å²) in [6, 6.07) is -0.123. The lowest BCUT2D eigenvalue weighted by atomic mass is 10.00. The van der Waals surface area contributed by atoms with E-state index >= 15 is 0 Å². The molecule has 0 bridgehead atoms. The molecule has 1 rings (SSSR count). The maximum absolute atomic E-state index is 12.1. The molecule has 0 aliphatic rings. The predicted molar refractivity (Wildman–Crippen MR) is 86.3 cm³/mol. The largest absolute Gasteiger partial charge is 0.312 e. The van der Waals surface area contributed by atoms with Crippen LogP contribution >= 0.6 is 11.3 Å². The van der Waals surface area contributed by atoms with Crippen molar-refractivity contribution in [3.63, 3.8) is 0 Å². The number of aryl methyl sites for hydroxylation is 2. The highest BCUT2D eigenvalue weighted by Gasteiger charge is 2.39. The summed E-state index contributed by atoms with van der Waals surface area (Å²) < 4.78 is 23.3. The van der Waals surface area contributed by atoms with Crippen molar-refractivity contribution >= 4 is 21.2 Å². The molecule has 0 amide bonds. The SMILES string of the molecule is CCCNC(Cc1nc(C)c(C)s1)C(C)(C)S(C)(=O)=O. The van der Waals surface area contributed by atoms with Gasteiger partial charge in [-0.15, -0.1) is 11.3 Å². The van der Waals surface area contributed by atoms with E-state index in [-0.39, 0.29) is 6.04 Å². The Balaban J connectivity index is 3.01. The predicted octanol–water partition coefficient (Wildman–Crippen LogP) is 2.49. The van der Waals surface area contributed by atoms with Crippen molar-refractivity contribution in [2.45, 2.75) is 58.2 Å². The van der Waals surface area contributed by atoms with Crippen molar-refractivity contribution in [1.29, 1.82) is 0 Å².